The number of hydrogen-bond acceptors (Lipinski definition) is 3. The molecule has 0 fully saturated rings. The third kappa shape index (κ3) is 6.80. The minimum atomic E-state index is -1.03. The van der Waals surface area contributed by atoms with E-state index >= 15 is 0 Å². The Morgan fingerprint density at radius 1 is 1.15 bits per heavy atom. The van der Waals surface area contributed by atoms with Gasteiger partial charge in [0.05, 0.1) is 19.3 Å². The number of guanidine groups is 1. The van der Waals surface area contributed by atoms with Gasteiger partial charge in [0.1, 0.15) is 5.60 Å². The number of aromatic nitrogens is 2. The average molecular weight is 485 g/mol. The topological polar surface area (TPSA) is 74.5 Å². The molecule has 0 amide bonds. The summed E-state index contributed by atoms with van der Waals surface area (Å²) in [6.07, 6.45) is 3.51. The summed E-state index contributed by atoms with van der Waals surface area (Å²) in [5.41, 5.74) is 0.921. The van der Waals surface area contributed by atoms with Crippen molar-refractivity contribution in [2.24, 2.45) is 12.0 Å². The molecule has 27 heavy (non-hydrogen) atoms. The molecule has 0 aliphatic heterocycles. The molecule has 0 bridgehead atoms. The predicted octanol–water partition coefficient (Wildman–Crippen LogP) is 2.78. The third-order valence-corrected chi connectivity index (χ3v) is 4.46. The first-order valence-corrected chi connectivity index (χ1v) is 9.04. The van der Waals surface area contributed by atoms with Crippen molar-refractivity contribution in [1.82, 2.24) is 20.4 Å². The monoisotopic (exact) mass is 485 g/mol. The van der Waals surface area contributed by atoms with Gasteiger partial charge in [0, 0.05) is 30.8 Å². The molecule has 1 unspecified atom stereocenters. The van der Waals surface area contributed by atoms with Crippen LogP contribution in [0.1, 0.15) is 38.8 Å². The Balaban J connectivity index is 0.00000364. The van der Waals surface area contributed by atoms with Crippen LogP contribution in [0.2, 0.25) is 0 Å². The summed E-state index contributed by atoms with van der Waals surface area (Å²) in [6.45, 7) is 9.90. The predicted molar refractivity (Wildman–Crippen MR) is 122 cm³/mol. The molecule has 0 saturated carbocycles. The second-order valence-corrected chi connectivity index (χ2v) is 7.48. The number of nitrogens with one attached hydrogen (secondary N) is 2. The van der Waals surface area contributed by atoms with E-state index in [0.717, 1.165) is 12.1 Å². The first kappa shape index (κ1) is 23.4. The highest BCUT2D eigenvalue weighted by molar-refractivity contribution is 14.0. The summed E-state index contributed by atoms with van der Waals surface area (Å²) in [5, 5.41) is 21.3. The maximum atomic E-state index is 10.7. The van der Waals surface area contributed by atoms with Crippen molar-refractivity contribution in [2.75, 3.05) is 19.6 Å². The van der Waals surface area contributed by atoms with Gasteiger partial charge in [-0.15, -0.1) is 24.0 Å². The Labute approximate surface area is 179 Å². The molecule has 1 aromatic carbocycles. The molecule has 3 N–H and O–H groups in total. The number of halogens is 1. The first-order chi connectivity index (χ1) is 12.2. The van der Waals surface area contributed by atoms with Crippen LogP contribution in [0, 0.1) is 0 Å². The molecular weight excluding hydrogens is 453 g/mol. The molecule has 0 spiro atoms. The van der Waals surface area contributed by atoms with Crippen LogP contribution in [0.5, 0.6) is 0 Å². The van der Waals surface area contributed by atoms with E-state index in [9.17, 15) is 5.11 Å². The maximum absolute atomic E-state index is 10.7. The number of aliphatic hydroxyl groups is 1. The Morgan fingerprint density at radius 3 is 2.37 bits per heavy atom. The van der Waals surface area contributed by atoms with Crippen molar-refractivity contribution >= 4 is 29.9 Å². The fourth-order valence-electron chi connectivity index (χ4n) is 2.66. The van der Waals surface area contributed by atoms with Crippen molar-refractivity contribution in [1.29, 1.82) is 0 Å². The van der Waals surface area contributed by atoms with E-state index in [-0.39, 0.29) is 29.4 Å². The highest BCUT2D eigenvalue weighted by atomic mass is 127. The minimum Gasteiger partial charge on any atom is -0.383 e. The zero-order valence-electron chi connectivity index (χ0n) is 16.9. The smallest absolute Gasteiger partial charge is 0.191 e. The van der Waals surface area contributed by atoms with Gasteiger partial charge < -0.3 is 15.7 Å². The summed E-state index contributed by atoms with van der Waals surface area (Å²) in [7, 11) is 1.84. The summed E-state index contributed by atoms with van der Waals surface area (Å²) < 4.78 is 1.69. The number of aliphatic imine (C=N–C) groups is 1. The van der Waals surface area contributed by atoms with Crippen molar-refractivity contribution in [3.63, 3.8) is 0 Å². The minimum absolute atomic E-state index is 0. The van der Waals surface area contributed by atoms with Gasteiger partial charge in [-0.3, -0.25) is 9.67 Å². The van der Waals surface area contributed by atoms with Crippen molar-refractivity contribution in [2.45, 2.75) is 38.7 Å². The lowest BCUT2D eigenvalue weighted by Gasteiger charge is -2.26. The van der Waals surface area contributed by atoms with Gasteiger partial charge in [-0.1, -0.05) is 44.2 Å². The molecular formula is C20H32IN5O. The van der Waals surface area contributed by atoms with Crippen LogP contribution in [0.4, 0.5) is 0 Å². The summed E-state index contributed by atoms with van der Waals surface area (Å²) >= 11 is 0. The maximum Gasteiger partial charge on any atom is 0.191 e. The molecule has 1 aromatic heterocycles. The highest BCUT2D eigenvalue weighted by Crippen LogP contribution is 2.23. The van der Waals surface area contributed by atoms with Crippen molar-refractivity contribution < 1.29 is 5.11 Å². The van der Waals surface area contributed by atoms with Crippen LogP contribution in [0.15, 0.2) is 47.7 Å². The normalized spacial score (nSPS) is 14.2. The van der Waals surface area contributed by atoms with E-state index in [1.165, 1.54) is 5.56 Å². The lowest BCUT2D eigenvalue weighted by Crippen LogP contribution is -2.45. The molecule has 0 radical (unpaired) electrons. The second-order valence-electron chi connectivity index (χ2n) is 7.48. The number of rotatable bonds is 7. The van der Waals surface area contributed by atoms with Crippen LogP contribution in [-0.4, -0.2) is 40.5 Å². The van der Waals surface area contributed by atoms with Crippen LogP contribution in [0.3, 0.4) is 0 Å². The first-order valence-electron chi connectivity index (χ1n) is 9.04. The molecule has 1 atom stereocenters. The molecule has 0 saturated heterocycles. The van der Waals surface area contributed by atoms with E-state index in [0.29, 0.717) is 19.0 Å². The van der Waals surface area contributed by atoms with Crippen LogP contribution in [-0.2, 0) is 18.1 Å². The van der Waals surface area contributed by atoms with Gasteiger partial charge in [-0.2, -0.15) is 5.10 Å². The number of aryl methyl sites for hydroxylation is 1. The molecule has 0 aliphatic rings. The Kier molecular flexibility index (Phi) is 8.74. The van der Waals surface area contributed by atoms with E-state index in [2.05, 4.69) is 53.8 Å². The fraction of sp³-hybridized carbons (Fsp3) is 0.500. The van der Waals surface area contributed by atoms with Gasteiger partial charge >= 0.3 is 0 Å². The van der Waals surface area contributed by atoms with Crippen LogP contribution >= 0.6 is 24.0 Å². The van der Waals surface area contributed by atoms with E-state index in [4.69, 9.17) is 4.99 Å². The largest absolute Gasteiger partial charge is 0.383 e. The summed E-state index contributed by atoms with van der Waals surface area (Å²) in [5.74, 6) is 0.695. The lowest BCUT2D eigenvalue weighted by molar-refractivity contribution is 0.0616. The quantitative estimate of drug-likeness (QED) is 0.321. The standard InChI is InChI=1S/C20H31N5O.HI/c1-6-21-18(22-14-19(2,3)16-10-8-7-9-11-16)23-15-20(4,26)17-12-24-25(5)13-17;/h7-13,26H,6,14-15H2,1-5H3,(H2,21,22,23);1H. The Bertz CT molecular complexity index is 725. The number of benzene rings is 1. The van der Waals surface area contributed by atoms with Crippen molar-refractivity contribution in [3.05, 3.63) is 53.9 Å². The molecule has 150 valence electrons. The van der Waals surface area contributed by atoms with Gasteiger partial charge in [0.2, 0.25) is 0 Å². The second kappa shape index (κ2) is 10.1. The highest BCUT2D eigenvalue weighted by Gasteiger charge is 2.25. The van der Waals surface area contributed by atoms with E-state index < -0.39 is 5.60 Å². The molecule has 1 heterocycles. The molecule has 0 aliphatic carbocycles. The van der Waals surface area contributed by atoms with Crippen LogP contribution in [0.25, 0.3) is 0 Å². The molecule has 2 rings (SSSR count). The molecule has 2 aromatic rings. The van der Waals surface area contributed by atoms with Gasteiger partial charge in [0.25, 0.3) is 0 Å². The number of hydrogen-bond donors (Lipinski definition) is 3. The van der Waals surface area contributed by atoms with Gasteiger partial charge in [0.15, 0.2) is 5.96 Å². The Morgan fingerprint density at radius 2 is 1.81 bits per heavy atom. The van der Waals surface area contributed by atoms with Crippen LogP contribution < -0.4 is 10.6 Å². The van der Waals surface area contributed by atoms with Crippen molar-refractivity contribution in [3.8, 4) is 0 Å². The number of nitrogens with zero attached hydrogens (tertiary/aromatic N) is 3. The van der Waals surface area contributed by atoms with E-state index in [1.807, 2.05) is 26.2 Å². The molecule has 6 nitrogen and oxygen atoms in total. The van der Waals surface area contributed by atoms with Gasteiger partial charge in [-0.25, -0.2) is 0 Å². The summed E-state index contributed by atoms with van der Waals surface area (Å²) in [4.78, 5) is 4.73. The zero-order chi connectivity index (χ0) is 19.2. The third-order valence-electron chi connectivity index (χ3n) is 4.46. The van der Waals surface area contributed by atoms with E-state index in [1.54, 1.807) is 17.8 Å². The summed E-state index contributed by atoms with van der Waals surface area (Å²) in [6, 6.07) is 10.4. The lowest BCUT2D eigenvalue weighted by atomic mass is 9.85. The SMILES string of the molecule is CCNC(=NCC(C)(C)c1ccccc1)NCC(C)(O)c1cnn(C)c1.I. The average Bonchev–Trinajstić information content (AvgIpc) is 3.06. The molecule has 7 heteroatoms. The zero-order valence-corrected chi connectivity index (χ0v) is 19.2. The van der Waals surface area contributed by atoms with Gasteiger partial charge in [-0.05, 0) is 19.4 Å². The Hall–Kier alpha value is -1.61. The fourth-order valence-corrected chi connectivity index (χ4v) is 2.66.